The summed E-state index contributed by atoms with van der Waals surface area (Å²) in [7, 11) is -1.93. The fourth-order valence-electron chi connectivity index (χ4n) is 1.10. The average molecular weight is 228 g/mol. The monoisotopic (exact) mass is 228 g/mol. The SMILES string of the molecule is CCN(CC#N)S(=O)(=O)c1cn(C)cn1. The first-order valence-electron chi connectivity index (χ1n) is 4.37. The third-order valence-electron chi connectivity index (χ3n) is 1.89. The van der Waals surface area contributed by atoms with E-state index in [0.717, 1.165) is 4.31 Å². The lowest BCUT2D eigenvalue weighted by molar-refractivity contribution is 0.460. The summed E-state index contributed by atoms with van der Waals surface area (Å²) < 4.78 is 26.4. The van der Waals surface area contributed by atoms with Gasteiger partial charge in [0.25, 0.3) is 10.0 Å². The third kappa shape index (κ3) is 2.34. The molecule has 0 aliphatic heterocycles. The van der Waals surface area contributed by atoms with Crippen LogP contribution in [0.2, 0.25) is 0 Å². The number of imidazole rings is 1. The van der Waals surface area contributed by atoms with Gasteiger partial charge in [0.05, 0.1) is 12.4 Å². The van der Waals surface area contributed by atoms with Crippen LogP contribution in [-0.2, 0) is 17.1 Å². The molecule has 0 aromatic carbocycles. The van der Waals surface area contributed by atoms with Gasteiger partial charge in [-0.3, -0.25) is 0 Å². The van der Waals surface area contributed by atoms with Crippen LogP contribution in [0.1, 0.15) is 6.92 Å². The molecular formula is C8H12N4O2S. The molecule has 1 rings (SSSR count). The van der Waals surface area contributed by atoms with Gasteiger partial charge in [-0.2, -0.15) is 9.57 Å². The average Bonchev–Trinajstić information content (AvgIpc) is 2.61. The molecule has 7 heteroatoms. The zero-order valence-electron chi connectivity index (χ0n) is 8.58. The Hall–Kier alpha value is -1.39. The Morgan fingerprint density at radius 2 is 2.33 bits per heavy atom. The van der Waals surface area contributed by atoms with E-state index in [1.807, 2.05) is 6.07 Å². The Kier molecular flexibility index (Phi) is 3.44. The standard InChI is InChI=1S/C8H12N4O2S/c1-3-12(5-4-9)15(13,14)8-6-11(2)7-10-8/h6-7H,3,5H2,1-2H3. The molecule has 1 aromatic heterocycles. The second-order valence-electron chi connectivity index (χ2n) is 2.97. The molecular weight excluding hydrogens is 216 g/mol. The van der Waals surface area contributed by atoms with Crippen molar-refractivity contribution in [3.63, 3.8) is 0 Å². The Bertz CT molecular complexity index is 471. The van der Waals surface area contributed by atoms with E-state index in [-0.39, 0.29) is 18.1 Å². The van der Waals surface area contributed by atoms with E-state index in [1.54, 1.807) is 18.5 Å². The maximum absolute atomic E-state index is 11.9. The van der Waals surface area contributed by atoms with Crippen LogP contribution in [0.5, 0.6) is 0 Å². The van der Waals surface area contributed by atoms with Crippen LogP contribution in [0, 0.1) is 11.3 Å². The zero-order valence-corrected chi connectivity index (χ0v) is 9.40. The van der Waals surface area contributed by atoms with Crippen molar-refractivity contribution in [1.82, 2.24) is 13.9 Å². The molecule has 1 heterocycles. The Balaban J connectivity index is 3.07. The van der Waals surface area contributed by atoms with Gasteiger partial charge in [0.15, 0.2) is 5.03 Å². The van der Waals surface area contributed by atoms with Crippen molar-refractivity contribution in [3.05, 3.63) is 12.5 Å². The first-order valence-corrected chi connectivity index (χ1v) is 5.81. The number of hydrogen-bond donors (Lipinski definition) is 0. The molecule has 0 radical (unpaired) electrons. The molecule has 6 nitrogen and oxygen atoms in total. The van der Waals surface area contributed by atoms with Crippen molar-refractivity contribution in [2.45, 2.75) is 11.9 Å². The van der Waals surface area contributed by atoms with Crippen molar-refractivity contribution in [2.75, 3.05) is 13.1 Å². The fraction of sp³-hybridized carbons (Fsp3) is 0.500. The minimum absolute atomic E-state index is 0.0258. The number of hydrogen-bond acceptors (Lipinski definition) is 4. The van der Waals surface area contributed by atoms with Crippen molar-refractivity contribution in [1.29, 1.82) is 5.26 Å². The largest absolute Gasteiger partial charge is 0.339 e. The molecule has 0 spiro atoms. The van der Waals surface area contributed by atoms with Gasteiger partial charge >= 0.3 is 0 Å². The van der Waals surface area contributed by atoms with Crippen LogP contribution in [-0.4, -0.2) is 35.4 Å². The van der Waals surface area contributed by atoms with Gasteiger partial charge in [0.1, 0.15) is 6.54 Å². The molecule has 0 saturated heterocycles. The first-order chi connectivity index (χ1) is 7.02. The molecule has 0 unspecified atom stereocenters. The van der Waals surface area contributed by atoms with Gasteiger partial charge in [0, 0.05) is 19.8 Å². The van der Waals surface area contributed by atoms with Crippen molar-refractivity contribution in [2.24, 2.45) is 7.05 Å². The van der Waals surface area contributed by atoms with Crippen LogP contribution in [0.4, 0.5) is 0 Å². The summed E-state index contributed by atoms with van der Waals surface area (Å²) in [6, 6.07) is 1.81. The van der Waals surface area contributed by atoms with Crippen molar-refractivity contribution in [3.8, 4) is 6.07 Å². The topological polar surface area (TPSA) is 79.0 Å². The van der Waals surface area contributed by atoms with Gasteiger partial charge in [-0.15, -0.1) is 0 Å². The van der Waals surface area contributed by atoms with Crippen LogP contribution in [0.3, 0.4) is 0 Å². The van der Waals surface area contributed by atoms with Gasteiger partial charge in [0.2, 0.25) is 0 Å². The molecule has 0 fully saturated rings. The lowest BCUT2D eigenvalue weighted by atomic mass is 10.6. The lowest BCUT2D eigenvalue weighted by Crippen LogP contribution is -2.31. The maximum atomic E-state index is 11.9. The number of nitrogens with zero attached hydrogens (tertiary/aromatic N) is 4. The molecule has 0 aliphatic rings. The smallest absolute Gasteiger partial charge is 0.263 e. The normalized spacial score (nSPS) is 11.6. The predicted molar refractivity (Wildman–Crippen MR) is 53.3 cm³/mol. The molecule has 0 atom stereocenters. The summed E-state index contributed by atoms with van der Waals surface area (Å²) in [6.45, 7) is 1.78. The highest BCUT2D eigenvalue weighted by atomic mass is 32.2. The van der Waals surface area contributed by atoms with Crippen LogP contribution in [0.25, 0.3) is 0 Å². The van der Waals surface area contributed by atoms with E-state index in [1.165, 1.54) is 12.5 Å². The van der Waals surface area contributed by atoms with E-state index in [9.17, 15) is 8.42 Å². The van der Waals surface area contributed by atoms with Gasteiger partial charge in [-0.25, -0.2) is 13.4 Å². The summed E-state index contributed by atoms with van der Waals surface area (Å²) in [5.74, 6) is 0. The molecule has 0 bridgehead atoms. The van der Waals surface area contributed by atoms with Crippen LogP contribution < -0.4 is 0 Å². The number of nitriles is 1. The number of aryl methyl sites for hydroxylation is 1. The predicted octanol–water partition coefficient (Wildman–Crippen LogP) is -0.0457. The van der Waals surface area contributed by atoms with E-state index in [2.05, 4.69) is 4.98 Å². The van der Waals surface area contributed by atoms with Gasteiger partial charge < -0.3 is 4.57 Å². The Labute approximate surface area is 88.8 Å². The van der Waals surface area contributed by atoms with E-state index in [4.69, 9.17) is 5.26 Å². The number of rotatable bonds is 4. The highest BCUT2D eigenvalue weighted by Gasteiger charge is 2.24. The van der Waals surface area contributed by atoms with Crippen molar-refractivity contribution < 1.29 is 8.42 Å². The first kappa shape index (κ1) is 11.7. The maximum Gasteiger partial charge on any atom is 0.263 e. The molecule has 82 valence electrons. The summed E-state index contributed by atoms with van der Waals surface area (Å²) in [5, 5.41) is 8.48. The Morgan fingerprint density at radius 1 is 1.67 bits per heavy atom. The van der Waals surface area contributed by atoms with E-state index in [0.29, 0.717) is 0 Å². The molecule has 1 aromatic rings. The summed E-state index contributed by atoms with van der Waals surface area (Å²) in [4.78, 5) is 3.76. The van der Waals surface area contributed by atoms with Gasteiger partial charge in [-0.1, -0.05) is 6.92 Å². The van der Waals surface area contributed by atoms with Crippen LogP contribution in [0.15, 0.2) is 17.6 Å². The summed E-state index contributed by atoms with van der Waals surface area (Å²) in [5.41, 5.74) is 0. The van der Waals surface area contributed by atoms with E-state index < -0.39 is 10.0 Å². The third-order valence-corrected chi connectivity index (χ3v) is 3.69. The lowest BCUT2D eigenvalue weighted by Gasteiger charge is -2.14. The Morgan fingerprint density at radius 3 is 2.73 bits per heavy atom. The minimum Gasteiger partial charge on any atom is -0.339 e. The second-order valence-corrected chi connectivity index (χ2v) is 4.85. The fourth-order valence-corrected chi connectivity index (χ4v) is 2.41. The summed E-state index contributed by atoms with van der Waals surface area (Å²) >= 11 is 0. The molecule has 0 N–H and O–H groups in total. The quantitative estimate of drug-likeness (QED) is 0.677. The number of sulfonamides is 1. The minimum atomic E-state index is -3.61. The highest BCUT2D eigenvalue weighted by Crippen LogP contribution is 2.11. The number of aromatic nitrogens is 2. The molecule has 15 heavy (non-hydrogen) atoms. The second kappa shape index (κ2) is 4.42. The van der Waals surface area contributed by atoms with Crippen molar-refractivity contribution >= 4 is 10.0 Å². The highest BCUT2D eigenvalue weighted by molar-refractivity contribution is 7.89. The zero-order chi connectivity index (χ0) is 11.5. The van der Waals surface area contributed by atoms with E-state index >= 15 is 0 Å². The molecule has 0 amide bonds. The van der Waals surface area contributed by atoms with Gasteiger partial charge in [-0.05, 0) is 0 Å². The van der Waals surface area contributed by atoms with Crippen LogP contribution >= 0.6 is 0 Å². The molecule has 0 saturated carbocycles. The molecule has 0 aliphatic carbocycles. The summed E-state index contributed by atoms with van der Waals surface area (Å²) in [6.07, 6.45) is 2.82.